The lowest BCUT2D eigenvalue weighted by Gasteiger charge is -2.16. The molecule has 0 unspecified atom stereocenters. The highest BCUT2D eigenvalue weighted by Gasteiger charge is 2.34. The van der Waals surface area contributed by atoms with Crippen LogP contribution in [0.4, 0.5) is 5.69 Å². The number of aryl methyl sites for hydroxylation is 1. The zero-order valence-electron chi connectivity index (χ0n) is 14.1. The van der Waals surface area contributed by atoms with Crippen LogP contribution in [0, 0.1) is 6.92 Å². The molecule has 5 nitrogen and oxygen atoms in total. The van der Waals surface area contributed by atoms with Crippen LogP contribution in [0.1, 0.15) is 21.5 Å². The molecule has 1 saturated heterocycles. The lowest BCUT2D eigenvalue weighted by atomic mass is 10.1. The van der Waals surface area contributed by atoms with Gasteiger partial charge in [-0.05, 0) is 36.8 Å². The molecule has 1 fully saturated rings. The van der Waals surface area contributed by atoms with Crippen molar-refractivity contribution >= 4 is 51.9 Å². The normalized spacial score (nSPS) is 15.6. The van der Waals surface area contributed by atoms with Crippen LogP contribution in [0.25, 0.3) is 6.08 Å². The molecular formula is C19H15NO4S2. The van der Waals surface area contributed by atoms with Gasteiger partial charge in [-0.25, -0.2) is 4.79 Å². The maximum atomic E-state index is 12.8. The van der Waals surface area contributed by atoms with Gasteiger partial charge in [0.15, 0.2) is 4.32 Å². The first-order chi connectivity index (χ1) is 12.4. The Morgan fingerprint density at radius 1 is 1.27 bits per heavy atom. The standard InChI is InChI=1S/C19H15NO4S2/c1-11-7-8-13(10-14(11)18(22)23)20-17(21)16(26-19(20)25)9-12-5-3-4-6-15(12)24-2/h3-10H,1-2H3,(H,22,23)/b16-9-. The van der Waals surface area contributed by atoms with Gasteiger partial charge in [-0.3, -0.25) is 9.69 Å². The molecule has 0 radical (unpaired) electrons. The summed E-state index contributed by atoms with van der Waals surface area (Å²) in [5.74, 6) is -0.674. The van der Waals surface area contributed by atoms with Crippen LogP contribution in [0.15, 0.2) is 47.4 Å². The molecule has 0 atom stereocenters. The highest BCUT2D eigenvalue weighted by Crippen LogP contribution is 2.37. The van der Waals surface area contributed by atoms with Crippen molar-refractivity contribution in [2.75, 3.05) is 12.0 Å². The number of anilines is 1. The number of carboxylic acid groups (broad SMARTS) is 1. The van der Waals surface area contributed by atoms with Crippen LogP contribution < -0.4 is 9.64 Å². The summed E-state index contributed by atoms with van der Waals surface area (Å²) in [6.45, 7) is 1.71. The average Bonchev–Trinajstić information content (AvgIpc) is 2.89. The van der Waals surface area contributed by atoms with Crippen LogP contribution in [0.2, 0.25) is 0 Å². The number of ether oxygens (including phenoxy) is 1. The van der Waals surface area contributed by atoms with E-state index in [4.69, 9.17) is 17.0 Å². The molecule has 2 aromatic carbocycles. The van der Waals surface area contributed by atoms with Crippen LogP contribution in [-0.4, -0.2) is 28.4 Å². The first-order valence-electron chi connectivity index (χ1n) is 7.67. The Kier molecular flexibility index (Phi) is 5.11. The fourth-order valence-electron chi connectivity index (χ4n) is 2.60. The summed E-state index contributed by atoms with van der Waals surface area (Å²) in [5.41, 5.74) is 1.98. The summed E-state index contributed by atoms with van der Waals surface area (Å²) in [7, 11) is 1.57. The van der Waals surface area contributed by atoms with Gasteiger partial charge < -0.3 is 9.84 Å². The van der Waals surface area contributed by atoms with E-state index in [9.17, 15) is 14.7 Å². The number of thiocarbonyl (C=S) groups is 1. The molecule has 0 aromatic heterocycles. The number of aromatic carboxylic acids is 1. The van der Waals surface area contributed by atoms with Crippen LogP contribution in [0.3, 0.4) is 0 Å². The Balaban J connectivity index is 1.99. The van der Waals surface area contributed by atoms with Crippen LogP contribution >= 0.6 is 24.0 Å². The Morgan fingerprint density at radius 3 is 2.69 bits per heavy atom. The summed E-state index contributed by atoms with van der Waals surface area (Å²) in [5, 5.41) is 9.30. The third-order valence-corrected chi connectivity index (χ3v) is 5.23. The van der Waals surface area contributed by atoms with Gasteiger partial charge in [-0.1, -0.05) is 48.2 Å². The largest absolute Gasteiger partial charge is 0.496 e. The van der Waals surface area contributed by atoms with Gasteiger partial charge >= 0.3 is 5.97 Å². The number of benzene rings is 2. The van der Waals surface area contributed by atoms with Crippen LogP contribution in [-0.2, 0) is 4.79 Å². The van der Waals surface area contributed by atoms with Crippen molar-refractivity contribution in [2.24, 2.45) is 0 Å². The van der Waals surface area contributed by atoms with Crippen molar-refractivity contribution < 1.29 is 19.4 Å². The second kappa shape index (κ2) is 7.31. The molecular weight excluding hydrogens is 370 g/mol. The molecule has 0 spiro atoms. The van der Waals surface area contributed by atoms with Gasteiger partial charge in [0.1, 0.15) is 5.75 Å². The van der Waals surface area contributed by atoms with E-state index in [1.807, 2.05) is 24.3 Å². The smallest absolute Gasteiger partial charge is 0.336 e. The van der Waals surface area contributed by atoms with E-state index in [0.29, 0.717) is 26.2 Å². The molecule has 132 valence electrons. The number of nitrogens with zero attached hydrogens (tertiary/aromatic N) is 1. The number of amides is 1. The molecule has 1 aliphatic rings. The van der Waals surface area contributed by atoms with Crippen molar-refractivity contribution in [1.29, 1.82) is 0 Å². The van der Waals surface area contributed by atoms with E-state index in [-0.39, 0.29) is 11.5 Å². The number of carbonyl (C=O) groups is 2. The predicted octanol–water partition coefficient (Wildman–Crippen LogP) is 4.11. The quantitative estimate of drug-likeness (QED) is 0.631. The lowest BCUT2D eigenvalue weighted by molar-refractivity contribution is -0.113. The number of para-hydroxylation sites is 1. The monoisotopic (exact) mass is 385 g/mol. The van der Waals surface area contributed by atoms with E-state index >= 15 is 0 Å². The number of hydrogen-bond acceptors (Lipinski definition) is 5. The SMILES string of the molecule is COc1ccccc1/C=C1\SC(=S)N(c2ccc(C)c(C(=O)O)c2)C1=O. The summed E-state index contributed by atoms with van der Waals surface area (Å²) < 4.78 is 5.67. The highest BCUT2D eigenvalue weighted by molar-refractivity contribution is 8.27. The maximum Gasteiger partial charge on any atom is 0.336 e. The van der Waals surface area contributed by atoms with Gasteiger partial charge in [-0.2, -0.15) is 0 Å². The van der Waals surface area contributed by atoms with Crippen molar-refractivity contribution in [3.05, 3.63) is 64.1 Å². The Bertz CT molecular complexity index is 952. The number of carbonyl (C=O) groups excluding carboxylic acids is 1. The van der Waals surface area contributed by atoms with E-state index in [2.05, 4.69) is 0 Å². The number of rotatable bonds is 4. The molecule has 7 heteroatoms. The lowest BCUT2D eigenvalue weighted by Crippen LogP contribution is -2.27. The molecule has 1 N–H and O–H groups in total. The summed E-state index contributed by atoms with van der Waals surface area (Å²) in [6.07, 6.45) is 1.73. The van der Waals surface area contributed by atoms with Crippen molar-refractivity contribution in [2.45, 2.75) is 6.92 Å². The minimum atomic E-state index is -1.04. The third-order valence-electron chi connectivity index (χ3n) is 3.93. The molecule has 2 aromatic rings. The van der Waals surface area contributed by atoms with E-state index < -0.39 is 5.97 Å². The Labute approximate surface area is 160 Å². The minimum Gasteiger partial charge on any atom is -0.496 e. The fraction of sp³-hybridized carbons (Fsp3) is 0.105. The number of methoxy groups -OCH3 is 1. The van der Waals surface area contributed by atoms with Gasteiger partial charge in [0.25, 0.3) is 5.91 Å². The van der Waals surface area contributed by atoms with Gasteiger partial charge in [0.2, 0.25) is 0 Å². The summed E-state index contributed by atoms with van der Waals surface area (Å²) in [6, 6.07) is 12.2. The molecule has 0 bridgehead atoms. The predicted molar refractivity (Wildman–Crippen MR) is 107 cm³/mol. The summed E-state index contributed by atoms with van der Waals surface area (Å²) in [4.78, 5) is 26.0. The van der Waals surface area contributed by atoms with E-state index in [0.717, 1.165) is 5.56 Å². The fourth-order valence-corrected chi connectivity index (χ4v) is 3.89. The van der Waals surface area contributed by atoms with Gasteiger partial charge in [0, 0.05) is 5.56 Å². The Hall–Kier alpha value is -2.64. The van der Waals surface area contributed by atoms with Crippen molar-refractivity contribution in [1.82, 2.24) is 0 Å². The first kappa shape index (κ1) is 18.2. The zero-order chi connectivity index (χ0) is 18.8. The Morgan fingerprint density at radius 2 is 2.00 bits per heavy atom. The zero-order valence-corrected chi connectivity index (χ0v) is 15.7. The molecule has 1 amide bonds. The second-order valence-electron chi connectivity index (χ2n) is 5.56. The van der Waals surface area contributed by atoms with E-state index in [1.54, 1.807) is 32.2 Å². The molecule has 0 saturated carbocycles. The molecule has 0 aliphatic carbocycles. The summed E-state index contributed by atoms with van der Waals surface area (Å²) >= 11 is 6.52. The molecule has 3 rings (SSSR count). The second-order valence-corrected chi connectivity index (χ2v) is 7.24. The van der Waals surface area contributed by atoms with Crippen molar-refractivity contribution in [3.8, 4) is 5.75 Å². The first-order valence-corrected chi connectivity index (χ1v) is 8.89. The van der Waals surface area contributed by atoms with Gasteiger partial charge in [-0.15, -0.1) is 0 Å². The maximum absolute atomic E-state index is 12.8. The molecule has 26 heavy (non-hydrogen) atoms. The molecule has 1 heterocycles. The van der Waals surface area contributed by atoms with Crippen LogP contribution in [0.5, 0.6) is 5.75 Å². The molecule has 1 aliphatic heterocycles. The van der Waals surface area contributed by atoms with Gasteiger partial charge in [0.05, 0.1) is 23.3 Å². The minimum absolute atomic E-state index is 0.144. The number of hydrogen-bond donors (Lipinski definition) is 1. The van der Waals surface area contributed by atoms with Crippen molar-refractivity contribution in [3.63, 3.8) is 0 Å². The number of thioether (sulfide) groups is 1. The topological polar surface area (TPSA) is 66.8 Å². The number of carboxylic acids is 1. The third kappa shape index (κ3) is 3.36. The van der Waals surface area contributed by atoms with E-state index in [1.165, 1.54) is 22.7 Å². The highest BCUT2D eigenvalue weighted by atomic mass is 32.2. The average molecular weight is 385 g/mol.